The lowest BCUT2D eigenvalue weighted by Crippen LogP contribution is -2.52. The molecule has 1 aliphatic heterocycles. The van der Waals surface area contributed by atoms with Gasteiger partial charge in [-0.2, -0.15) is 0 Å². The SMILES string of the molecule is CN=C(NCc1cccc(NC(C)=O)c1)N1CCN(c2ncccn2)CC1. The molecule has 0 bridgehead atoms. The number of hydrogen-bond acceptors (Lipinski definition) is 5. The molecule has 27 heavy (non-hydrogen) atoms. The molecule has 0 spiro atoms. The van der Waals surface area contributed by atoms with Crippen LogP contribution in [0.15, 0.2) is 47.7 Å². The predicted octanol–water partition coefficient (Wildman–Crippen LogP) is 1.33. The number of benzene rings is 1. The van der Waals surface area contributed by atoms with Gasteiger partial charge in [0.2, 0.25) is 11.9 Å². The van der Waals surface area contributed by atoms with Gasteiger partial charge >= 0.3 is 0 Å². The van der Waals surface area contributed by atoms with E-state index < -0.39 is 0 Å². The zero-order chi connectivity index (χ0) is 19.1. The molecule has 1 amide bonds. The molecule has 0 saturated carbocycles. The Labute approximate surface area is 159 Å². The van der Waals surface area contributed by atoms with Gasteiger partial charge < -0.3 is 20.4 Å². The summed E-state index contributed by atoms with van der Waals surface area (Å²) in [5.41, 5.74) is 1.88. The molecule has 1 aromatic heterocycles. The van der Waals surface area contributed by atoms with Crippen molar-refractivity contribution < 1.29 is 4.79 Å². The number of carbonyl (C=O) groups excluding carboxylic acids is 1. The summed E-state index contributed by atoms with van der Waals surface area (Å²) >= 11 is 0. The first-order valence-corrected chi connectivity index (χ1v) is 9.00. The Morgan fingerprint density at radius 2 is 1.89 bits per heavy atom. The lowest BCUT2D eigenvalue weighted by Gasteiger charge is -2.36. The van der Waals surface area contributed by atoms with E-state index in [9.17, 15) is 4.79 Å². The van der Waals surface area contributed by atoms with E-state index in [0.29, 0.717) is 6.54 Å². The van der Waals surface area contributed by atoms with Crippen LogP contribution >= 0.6 is 0 Å². The number of piperazine rings is 1. The molecule has 1 aromatic carbocycles. The van der Waals surface area contributed by atoms with Gasteiger partial charge in [0.1, 0.15) is 0 Å². The monoisotopic (exact) mass is 367 g/mol. The second-order valence-electron chi connectivity index (χ2n) is 6.31. The van der Waals surface area contributed by atoms with Gasteiger partial charge in [-0.15, -0.1) is 0 Å². The average Bonchev–Trinajstić information content (AvgIpc) is 2.69. The zero-order valence-corrected chi connectivity index (χ0v) is 15.7. The van der Waals surface area contributed by atoms with Crippen LogP contribution in [0.5, 0.6) is 0 Å². The second-order valence-corrected chi connectivity index (χ2v) is 6.31. The molecular formula is C19H25N7O. The molecule has 1 saturated heterocycles. The van der Waals surface area contributed by atoms with E-state index in [1.165, 1.54) is 6.92 Å². The van der Waals surface area contributed by atoms with Crippen molar-refractivity contribution in [3.63, 3.8) is 0 Å². The fraction of sp³-hybridized carbons (Fsp3) is 0.368. The number of anilines is 2. The van der Waals surface area contributed by atoms with Crippen LogP contribution in [0.4, 0.5) is 11.6 Å². The third-order valence-electron chi connectivity index (χ3n) is 4.32. The number of nitrogens with one attached hydrogen (secondary N) is 2. The van der Waals surface area contributed by atoms with Gasteiger partial charge in [0.25, 0.3) is 0 Å². The molecule has 3 rings (SSSR count). The molecule has 8 heteroatoms. The molecule has 8 nitrogen and oxygen atoms in total. The van der Waals surface area contributed by atoms with Gasteiger partial charge in [-0.05, 0) is 23.8 Å². The van der Waals surface area contributed by atoms with Crippen LogP contribution in [-0.4, -0.2) is 60.0 Å². The van der Waals surface area contributed by atoms with Crippen molar-refractivity contribution in [3.05, 3.63) is 48.3 Å². The quantitative estimate of drug-likeness (QED) is 0.626. The molecule has 2 N–H and O–H groups in total. The molecular weight excluding hydrogens is 342 g/mol. The van der Waals surface area contributed by atoms with Crippen molar-refractivity contribution in [2.45, 2.75) is 13.5 Å². The first-order chi connectivity index (χ1) is 13.2. The average molecular weight is 367 g/mol. The van der Waals surface area contributed by atoms with E-state index in [-0.39, 0.29) is 5.91 Å². The Morgan fingerprint density at radius 1 is 1.15 bits per heavy atom. The van der Waals surface area contributed by atoms with E-state index in [1.807, 2.05) is 30.3 Å². The summed E-state index contributed by atoms with van der Waals surface area (Å²) in [5.74, 6) is 1.57. The van der Waals surface area contributed by atoms with E-state index in [1.54, 1.807) is 19.4 Å². The van der Waals surface area contributed by atoms with E-state index >= 15 is 0 Å². The molecule has 0 radical (unpaired) electrons. The maximum atomic E-state index is 11.2. The standard InChI is InChI=1S/C19H25N7O/c1-15(27)24-17-6-3-5-16(13-17)14-23-18(20-2)25-9-11-26(12-10-25)19-21-7-4-8-22-19/h3-8,13H,9-12,14H2,1-2H3,(H,20,23)(H,24,27). The number of nitrogens with zero attached hydrogens (tertiary/aromatic N) is 5. The first kappa shape index (κ1) is 18.6. The molecule has 1 aliphatic rings. The maximum absolute atomic E-state index is 11.2. The molecule has 1 fully saturated rings. The number of aromatic nitrogens is 2. The first-order valence-electron chi connectivity index (χ1n) is 9.00. The van der Waals surface area contributed by atoms with E-state index in [0.717, 1.165) is 49.3 Å². The van der Waals surface area contributed by atoms with Crippen molar-refractivity contribution in [1.82, 2.24) is 20.2 Å². The Balaban J connectivity index is 1.54. The topological polar surface area (TPSA) is 85.8 Å². The normalized spacial score (nSPS) is 14.8. The lowest BCUT2D eigenvalue weighted by molar-refractivity contribution is -0.114. The van der Waals surface area contributed by atoms with Gasteiger partial charge in [0, 0.05) is 64.8 Å². The minimum atomic E-state index is -0.0730. The van der Waals surface area contributed by atoms with Gasteiger partial charge in [0.15, 0.2) is 5.96 Å². The highest BCUT2D eigenvalue weighted by molar-refractivity contribution is 5.88. The minimum absolute atomic E-state index is 0.0730. The summed E-state index contributed by atoms with van der Waals surface area (Å²) in [6, 6.07) is 9.63. The summed E-state index contributed by atoms with van der Waals surface area (Å²) in [5, 5.41) is 6.21. The maximum Gasteiger partial charge on any atom is 0.225 e. The van der Waals surface area contributed by atoms with E-state index in [4.69, 9.17) is 0 Å². The molecule has 2 aromatic rings. The Bertz CT molecular complexity index is 786. The van der Waals surface area contributed by atoms with Crippen molar-refractivity contribution in [3.8, 4) is 0 Å². The van der Waals surface area contributed by atoms with Gasteiger partial charge in [-0.1, -0.05) is 12.1 Å². The van der Waals surface area contributed by atoms with Crippen LogP contribution < -0.4 is 15.5 Å². The molecule has 2 heterocycles. The summed E-state index contributed by atoms with van der Waals surface area (Å²) in [7, 11) is 1.79. The summed E-state index contributed by atoms with van der Waals surface area (Å²) in [6.07, 6.45) is 3.54. The number of aliphatic imine (C=N–C) groups is 1. The van der Waals surface area contributed by atoms with Crippen molar-refractivity contribution in [2.24, 2.45) is 4.99 Å². The largest absolute Gasteiger partial charge is 0.352 e. The fourth-order valence-corrected chi connectivity index (χ4v) is 3.05. The summed E-state index contributed by atoms with van der Waals surface area (Å²) in [4.78, 5) is 28.7. The minimum Gasteiger partial charge on any atom is -0.352 e. The van der Waals surface area contributed by atoms with Crippen molar-refractivity contribution in [1.29, 1.82) is 0 Å². The Morgan fingerprint density at radius 3 is 2.56 bits per heavy atom. The highest BCUT2D eigenvalue weighted by Crippen LogP contribution is 2.12. The van der Waals surface area contributed by atoms with Crippen molar-refractivity contribution in [2.75, 3.05) is 43.4 Å². The summed E-state index contributed by atoms with van der Waals surface area (Å²) in [6.45, 7) is 5.55. The van der Waals surface area contributed by atoms with Crippen LogP contribution in [0.1, 0.15) is 12.5 Å². The van der Waals surface area contributed by atoms with Crippen LogP contribution in [0, 0.1) is 0 Å². The van der Waals surface area contributed by atoms with Crippen LogP contribution in [0.25, 0.3) is 0 Å². The smallest absolute Gasteiger partial charge is 0.225 e. The number of amides is 1. The Kier molecular flexibility index (Phi) is 6.19. The highest BCUT2D eigenvalue weighted by Gasteiger charge is 2.20. The zero-order valence-electron chi connectivity index (χ0n) is 15.7. The molecule has 142 valence electrons. The molecule has 0 atom stereocenters. The lowest BCUT2D eigenvalue weighted by atomic mass is 10.2. The third-order valence-corrected chi connectivity index (χ3v) is 4.32. The third kappa shape index (κ3) is 5.16. The van der Waals surface area contributed by atoms with E-state index in [2.05, 4.69) is 35.4 Å². The summed E-state index contributed by atoms with van der Waals surface area (Å²) < 4.78 is 0. The van der Waals surface area contributed by atoms with Gasteiger partial charge in [-0.3, -0.25) is 9.79 Å². The fourth-order valence-electron chi connectivity index (χ4n) is 3.05. The van der Waals surface area contributed by atoms with Crippen LogP contribution in [0.2, 0.25) is 0 Å². The van der Waals surface area contributed by atoms with Gasteiger partial charge in [-0.25, -0.2) is 9.97 Å². The number of guanidine groups is 1. The highest BCUT2D eigenvalue weighted by atomic mass is 16.1. The number of rotatable bonds is 4. The van der Waals surface area contributed by atoms with Crippen molar-refractivity contribution >= 4 is 23.5 Å². The number of hydrogen-bond donors (Lipinski definition) is 2. The van der Waals surface area contributed by atoms with Gasteiger partial charge in [0.05, 0.1) is 0 Å². The molecule has 0 unspecified atom stereocenters. The van der Waals surface area contributed by atoms with Crippen LogP contribution in [-0.2, 0) is 11.3 Å². The number of carbonyl (C=O) groups is 1. The second kappa shape index (κ2) is 8.98. The Hall–Kier alpha value is -3.16. The molecule has 0 aliphatic carbocycles. The predicted molar refractivity (Wildman–Crippen MR) is 107 cm³/mol. The van der Waals surface area contributed by atoms with Crippen LogP contribution in [0.3, 0.4) is 0 Å².